The summed E-state index contributed by atoms with van der Waals surface area (Å²) >= 11 is 4.18. The molecule has 0 amide bonds. The Morgan fingerprint density at radius 1 is 0.959 bits per heavy atom. The molecule has 0 radical (unpaired) electrons. The predicted molar refractivity (Wildman–Crippen MR) is 174 cm³/mol. The number of nitrogens with zero attached hydrogens (tertiary/aromatic N) is 4. The molecule has 49 heavy (non-hydrogen) atoms. The molecule has 17 nitrogen and oxygen atoms in total. The molecule has 21 heteroatoms. The molecule has 1 aliphatic carbocycles. The minimum Gasteiger partial charge on any atom is -0.347 e. The van der Waals surface area contributed by atoms with Gasteiger partial charge < -0.3 is 42.9 Å². The number of imidazole rings is 1. The highest BCUT2D eigenvalue weighted by Gasteiger charge is 2.58. The highest BCUT2D eigenvalue weighted by Crippen LogP contribution is 2.60. The summed E-state index contributed by atoms with van der Waals surface area (Å²) in [5, 5.41) is 0. The van der Waals surface area contributed by atoms with E-state index in [-0.39, 0.29) is 28.4 Å². The number of fused-ring (bicyclic) bond motifs is 3. The van der Waals surface area contributed by atoms with Crippen molar-refractivity contribution in [1.29, 1.82) is 0 Å². The number of phosphoric ester groups is 1. The Morgan fingerprint density at radius 3 is 2.31 bits per heavy atom. The maximum atomic E-state index is 14.1. The zero-order chi connectivity index (χ0) is 35.1. The highest BCUT2D eigenvalue weighted by atomic mass is 79.9. The first-order chi connectivity index (χ1) is 22.9. The van der Waals surface area contributed by atoms with Gasteiger partial charge in [0.05, 0.1) is 25.4 Å². The van der Waals surface area contributed by atoms with Gasteiger partial charge in [0.2, 0.25) is 0 Å². The summed E-state index contributed by atoms with van der Waals surface area (Å²) in [4.78, 5) is 52.9. The number of ether oxygens (including phenoxy) is 5. The number of phosphoric acid groups is 1. The minimum atomic E-state index is -4.80. The lowest BCUT2D eigenvalue weighted by molar-refractivity contribution is -0.199. The summed E-state index contributed by atoms with van der Waals surface area (Å²) in [6, 6.07) is 8.21. The summed E-state index contributed by atoms with van der Waals surface area (Å²) in [5.41, 5.74) is -0.300. The average Bonchev–Trinajstić information content (AvgIpc) is 3.76. The molecule has 7 rings (SSSR count). The largest absolute Gasteiger partial charge is 0.469 e. The molecule has 0 spiro atoms. The smallest absolute Gasteiger partial charge is 0.347 e. The third-order valence-electron chi connectivity index (χ3n) is 8.70. The van der Waals surface area contributed by atoms with E-state index in [1.165, 1.54) is 15.5 Å². The molecular weight excluding hydrogens is 774 g/mol. The lowest BCUT2D eigenvalue weighted by Gasteiger charge is -2.25. The normalized spacial score (nSPS) is 33.1. The van der Waals surface area contributed by atoms with E-state index >= 15 is 0 Å². The average molecular weight is 810 g/mol. The van der Waals surface area contributed by atoms with Crippen LogP contribution in [-0.4, -0.2) is 89.1 Å². The Labute approximate surface area is 292 Å². The van der Waals surface area contributed by atoms with E-state index in [0.29, 0.717) is 11.3 Å². The highest BCUT2D eigenvalue weighted by molar-refractivity contribution is 9.10. The van der Waals surface area contributed by atoms with E-state index in [1.807, 2.05) is 6.07 Å². The fourth-order valence-corrected chi connectivity index (χ4v) is 10.3. The van der Waals surface area contributed by atoms with E-state index in [2.05, 4.69) is 25.9 Å². The topological polar surface area (TPSA) is 212 Å². The van der Waals surface area contributed by atoms with Crippen LogP contribution in [0.25, 0.3) is 11.2 Å². The van der Waals surface area contributed by atoms with Crippen LogP contribution in [0.15, 0.2) is 51.1 Å². The van der Waals surface area contributed by atoms with Gasteiger partial charge in [-0.1, -0.05) is 18.2 Å². The number of benzene rings is 1. The van der Waals surface area contributed by atoms with Gasteiger partial charge in [-0.25, -0.2) is 19.1 Å². The van der Waals surface area contributed by atoms with Crippen molar-refractivity contribution in [2.45, 2.75) is 93.4 Å². The Balaban J connectivity index is 1.15. The zero-order valence-electron chi connectivity index (χ0n) is 26.6. The molecule has 0 bridgehead atoms. The number of hydrogen-bond acceptors (Lipinski definition) is 13. The van der Waals surface area contributed by atoms with E-state index in [1.54, 1.807) is 52.0 Å². The molecule has 9 atom stereocenters. The van der Waals surface area contributed by atoms with Gasteiger partial charge in [0.15, 0.2) is 33.7 Å². The lowest BCUT2D eigenvalue weighted by Crippen LogP contribution is -2.34. The van der Waals surface area contributed by atoms with Gasteiger partial charge in [0.1, 0.15) is 30.7 Å². The van der Waals surface area contributed by atoms with Crippen molar-refractivity contribution < 1.29 is 56.5 Å². The third kappa shape index (κ3) is 7.26. The van der Waals surface area contributed by atoms with Crippen LogP contribution in [0.5, 0.6) is 0 Å². The van der Waals surface area contributed by atoms with Crippen molar-refractivity contribution in [3.05, 3.63) is 51.7 Å². The van der Waals surface area contributed by atoms with Gasteiger partial charge in [0.25, 0.3) is 5.56 Å². The first kappa shape index (κ1) is 35.8. The molecule has 2 aromatic heterocycles. The Kier molecular flexibility index (Phi) is 9.40. The van der Waals surface area contributed by atoms with Crippen molar-refractivity contribution in [3.63, 3.8) is 0 Å². The lowest BCUT2D eigenvalue weighted by atomic mass is 10.1. The van der Waals surface area contributed by atoms with Crippen LogP contribution in [0.1, 0.15) is 46.4 Å². The summed E-state index contributed by atoms with van der Waals surface area (Å²) in [5.74, 6) is -2.41. The number of hydrogen-bond donors (Lipinski definition) is 3. The first-order valence-corrected chi connectivity index (χ1v) is 20.7. The van der Waals surface area contributed by atoms with Crippen LogP contribution in [0.2, 0.25) is 0 Å². The van der Waals surface area contributed by atoms with Gasteiger partial charge in [-0.2, -0.15) is 0 Å². The molecule has 4 aliphatic rings. The number of halogens is 1. The molecule has 1 saturated carbocycles. The van der Waals surface area contributed by atoms with Crippen molar-refractivity contribution >= 4 is 53.1 Å². The van der Waals surface area contributed by atoms with E-state index in [0.717, 1.165) is 11.4 Å². The SMILES string of the molecule is CC1(C)O[C@@H]2[C@@H](COP(=O)(O)Sc3ccccc3)C[C@@H](n3cnc4c(nc(Br)n4[C@@H]4O[C@H](COP(=O)(O)O)[C@H]5OC(C)(C)O[C@H]54)c3=O)[C@@H]2O1. The van der Waals surface area contributed by atoms with Crippen molar-refractivity contribution in [2.24, 2.45) is 5.92 Å². The standard InChI is InChI=1S/C28H35BrN4O13P2S/c1-27(2)43-19-14(11-41-48(38,39)49-15-8-6-5-7-9-15)10-16(20(19)44-27)32-13-30-23-18(24(32)34)31-26(29)33(23)25-22-21(45-28(3,4)46-22)17(42-25)12-40-47(35,36)37/h5-9,13-14,16-17,19-22,25H,10-12H2,1-4H3,(H,38,39)(H2,35,36,37)/t14-,16-,17-,19-,20+,21-,22-,25-/m1/s1. The van der Waals surface area contributed by atoms with Crippen LogP contribution in [0.3, 0.4) is 0 Å². The Morgan fingerprint density at radius 2 is 1.61 bits per heavy atom. The van der Waals surface area contributed by atoms with Gasteiger partial charge in [-0.05, 0) is 73.6 Å². The molecule has 1 unspecified atom stereocenters. The predicted octanol–water partition coefficient (Wildman–Crippen LogP) is 3.87. The van der Waals surface area contributed by atoms with Gasteiger partial charge in [-0.15, -0.1) is 0 Å². The molecule has 3 aliphatic heterocycles. The Bertz CT molecular complexity index is 1890. The van der Waals surface area contributed by atoms with Gasteiger partial charge >= 0.3 is 14.6 Å². The third-order valence-corrected chi connectivity index (χ3v) is 12.6. The molecule has 3 N–H and O–H groups in total. The molecule has 5 heterocycles. The summed E-state index contributed by atoms with van der Waals surface area (Å²) < 4.78 is 68.5. The maximum absolute atomic E-state index is 14.1. The fourth-order valence-electron chi connectivity index (χ4n) is 6.91. The maximum Gasteiger partial charge on any atom is 0.469 e. The molecule has 268 valence electrons. The quantitative estimate of drug-likeness (QED) is 0.196. The first-order valence-electron chi connectivity index (χ1n) is 15.3. The van der Waals surface area contributed by atoms with Crippen LogP contribution in [-0.2, 0) is 41.9 Å². The summed E-state index contributed by atoms with van der Waals surface area (Å²) in [7, 11) is -4.80. The zero-order valence-corrected chi connectivity index (χ0v) is 30.8. The van der Waals surface area contributed by atoms with Crippen molar-refractivity contribution in [3.8, 4) is 0 Å². The second-order valence-corrected chi connectivity index (χ2v) is 18.8. The molecule has 3 aromatic rings. The van der Waals surface area contributed by atoms with Crippen LogP contribution < -0.4 is 5.56 Å². The van der Waals surface area contributed by atoms with E-state index < -0.39 is 81.2 Å². The summed E-state index contributed by atoms with van der Waals surface area (Å²) in [6.07, 6.45) is -2.81. The van der Waals surface area contributed by atoms with Gasteiger partial charge in [0, 0.05) is 10.8 Å². The fraction of sp³-hybridized carbons (Fsp3) is 0.607. The second-order valence-electron chi connectivity index (χ2n) is 13.1. The Hall–Kier alpha value is -1.54. The monoisotopic (exact) mass is 808 g/mol. The molecule has 1 aromatic carbocycles. The van der Waals surface area contributed by atoms with Gasteiger partial charge in [-0.3, -0.25) is 18.5 Å². The minimum absolute atomic E-state index is 0.0103. The van der Waals surface area contributed by atoms with Crippen LogP contribution >= 0.6 is 41.9 Å². The van der Waals surface area contributed by atoms with E-state index in [9.17, 15) is 28.6 Å². The molecular formula is C28H35BrN4O13P2S. The van der Waals surface area contributed by atoms with Crippen LogP contribution in [0.4, 0.5) is 0 Å². The molecule has 4 fully saturated rings. The van der Waals surface area contributed by atoms with E-state index in [4.69, 9.17) is 32.7 Å². The number of rotatable bonds is 10. The summed E-state index contributed by atoms with van der Waals surface area (Å²) in [6.45, 7) is 2.26. The second kappa shape index (κ2) is 12.8. The van der Waals surface area contributed by atoms with Crippen LogP contribution in [0, 0.1) is 5.92 Å². The van der Waals surface area contributed by atoms with Crippen molar-refractivity contribution in [1.82, 2.24) is 19.1 Å². The molecule has 3 saturated heterocycles. The number of aromatic nitrogens is 4. The van der Waals surface area contributed by atoms with Crippen molar-refractivity contribution in [2.75, 3.05) is 13.2 Å².